The first-order chi connectivity index (χ1) is 4.45. The van der Waals surface area contributed by atoms with E-state index in [1.54, 1.807) is 0 Å². The first-order valence-electron chi connectivity index (χ1n) is 2.02. The average molecular weight is 174 g/mol. The summed E-state index contributed by atoms with van der Waals surface area (Å²) in [5.41, 5.74) is -1.42. The maximum atomic E-state index is 11.2. The number of alkyl halides is 3. The maximum absolute atomic E-state index is 11.2. The predicted molar refractivity (Wildman–Crippen MR) is 25.0 cm³/mol. The monoisotopic (exact) mass is 174 g/mol. The van der Waals surface area contributed by atoms with Crippen molar-refractivity contribution in [1.29, 1.82) is 0 Å². The summed E-state index contributed by atoms with van der Waals surface area (Å²) in [6, 6.07) is 0. The van der Waals surface area contributed by atoms with Crippen LogP contribution in [-0.2, 0) is 9.30 Å². The minimum Gasteiger partial charge on any atom is -0.447 e. The summed E-state index contributed by atoms with van der Waals surface area (Å²) < 4.78 is 46.5. The van der Waals surface area contributed by atoms with Gasteiger partial charge in [-0.15, -0.1) is 0 Å². The van der Waals surface area contributed by atoms with Crippen LogP contribution >= 0.6 is 8.46 Å². The van der Waals surface area contributed by atoms with Crippen LogP contribution in [0.15, 0.2) is 0 Å². The van der Waals surface area contributed by atoms with E-state index in [1.807, 2.05) is 0 Å². The Labute approximate surface area is 55.4 Å². The molecule has 0 radical (unpaired) electrons. The molecule has 7 heteroatoms. The van der Waals surface area contributed by atoms with Crippen LogP contribution < -0.4 is 0 Å². The molecular weight excluding hydrogens is 172 g/mol. The Kier molecular flexibility index (Phi) is 3.28. The van der Waals surface area contributed by atoms with Gasteiger partial charge in [-0.25, -0.2) is 4.79 Å². The summed E-state index contributed by atoms with van der Waals surface area (Å²) in [5, 5.41) is 0. The van der Waals surface area contributed by atoms with E-state index in [4.69, 9.17) is 0 Å². The Morgan fingerprint density at radius 1 is 1.50 bits per heavy atom. The lowest BCUT2D eigenvalue weighted by Gasteiger charge is -2.03. The molecule has 0 heterocycles. The number of hydrogen-bond acceptors (Lipinski definition) is 3. The lowest BCUT2D eigenvalue weighted by Crippen LogP contribution is -2.17. The first-order valence-corrected chi connectivity index (χ1v) is 2.84. The highest BCUT2D eigenvalue weighted by Crippen LogP contribution is 2.15. The minimum absolute atomic E-state index is 1.07. The van der Waals surface area contributed by atoms with Crippen molar-refractivity contribution in [3.63, 3.8) is 0 Å². The fourth-order valence-corrected chi connectivity index (χ4v) is 0.287. The molecule has 10 heavy (non-hydrogen) atoms. The molecule has 0 saturated carbocycles. The molecule has 0 saturated heterocycles. The normalized spacial score (nSPS) is 11.5. The lowest BCUT2D eigenvalue weighted by atomic mass is 10.7. The number of ether oxygens (including phenoxy) is 1. The second-order valence-corrected chi connectivity index (χ2v) is 1.81. The van der Waals surface area contributed by atoms with E-state index in [-0.39, 0.29) is 0 Å². The quantitative estimate of drug-likeness (QED) is 0.601. The topological polar surface area (TPSA) is 43.4 Å². The smallest absolute Gasteiger partial charge is 0.422 e. The number of rotatable bonds is 2. The molecule has 3 nitrogen and oxygen atoms in total. The zero-order chi connectivity index (χ0) is 8.20. The van der Waals surface area contributed by atoms with E-state index in [9.17, 15) is 22.5 Å². The van der Waals surface area contributed by atoms with E-state index in [1.165, 1.54) is 0 Å². The number of hydrogen-bond donors (Lipinski definition) is 0. The van der Waals surface area contributed by atoms with E-state index in [0.717, 1.165) is 0 Å². The Balaban J connectivity index is 3.55. The number of halogens is 3. The van der Waals surface area contributed by atoms with Crippen LogP contribution in [0.4, 0.5) is 18.0 Å². The van der Waals surface area contributed by atoms with Crippen molar-refractivity contribution in [1.82, 2.24) is 0 Å². The van der Waals surface area contributed by atoms with Crippen molar-refractivity contribution >= 4 is 14.2 Å². The second-order valence-electron chi connectivity index (χ2n) is 1.26. The molecule has 58 valence electrons. The first kappa shape index (κ1) is 9.36. The summed E-state index contributed by atoms with van der Waals surface area (Å²) in [7, 11) is -1.07. The van der Waals surface area contributed by atoms with E-state index >= 15 is 0 Å². The van der Waals surface area contributed by atoms with Gasteiger partial charge < -0.3 is 4.74 Å². The summed E-state index contributed by atoms with van der Waals surface area (Å²) in [6.07, 6.45) is -4.56. The van der Waals surface area contributed by atoms with Gasteiger partial charge in [-0.3, -0.25) is 4.57 Å². The molecule has 0 aromatic rings. The highest BCUT2D eigenvalue weighted by molar-refractivity contribution is 7.45. The van der Waals surface area contributed by atoms with Gasteiger partial charge in [0.15, 0.2) is 6.61 Å². The predicted octanol–water partition coefficient (Wildman–Crippen LogP) is 1.98. The van der Waals surface area contributed by atoms with Crippen LogP contribution in [0.25, 0.3) is 0 Å². The SMILES string of the molecule is O=PC(=O)OCC(F)(F)F. The number of carbonyl (C=O) groups is 1. The molecule has 0 fully saturated rings. The van der Waals surface area contributed by atoms with E-state index < -0.39 is 27.0 Å². The van der Waals surface area contributed by atoms with Gasteiger partial charge in [0, 0.05) is 0 Å². The minimum atomic E-state index is -4.56. The van der Waals surface area contributed by atoms with Gasteiger partial charge in [-0.2, -0.15) is 13.2 Å². The van der Waals surface area contributed by atoms with Gasteiger partial charge in [-0.1, -0.05) is 0 Å². The average Bonchev–Trinajstić information content (AvgIpc) is 1.81. The third-order valence-corrected chi connectivity index (χ3v) is 0.712. The molecule has 0 aliphatic carbocycles. The van der Waals surface area contributed by atoms with E-state index in [0.29, 0.717) is 0 Å². The highest BCUT2D eigenvalue weighted by Gasteiger charge is 2.29. The summed E-state index contributed by atoms with van der Waals surface area (Å²) in [6.45, 7) is -1.69. The standard InChI is InChI=1S/C3H2F3O3P/c4-3(5,6)1-9-2(7)10-8/h1H2. The Hall–Kier alpha value is -0.640. The molecule has 0 aliphatic rings. The summed E-state index contributed by atoms with van der Waals surface area (Å²) in [5.74, 6) is 0. The van der Waals surface area contributed by atoms with Gasteiger partial charge in [0.05, 0.1) is 0 Å². The highest BCUT2D eigenvalue weighted by atomic mass is 31.1. The fraction of sp³-hybridized carbons (Fsp3) is 0.667. The molecule has 0 aromatic heterocycles. The molecule has 0 N–H and O–H groups in total. The van der Waals surface area contributed by atoms with Gasteiger partial charge in [0.25, 0.3) is 8.46 Å². The van der Waals surface area contributed by atoms with Crippen molar-refractivity contribution in [3.8, 4) is 0 Å². The van der Waals surface area contributed by atoms with Crippen molar-refractivity contribution < 1.29 is 27.3 Å². The molecule has 0 bridgehead atoms. The zero-order valence-corrected chi connectivity index (χ0v) is 5.41. The van der Waals surface area contributed by atoms with Gasteiger partial charge in [0.1, 0.15) is 0 Å². The van der Waals surface area contributed by atoms with Crippen LogP contribution in [0.2, 0.25) is 0 Å². The molecule has 0 aromatic carbocycles. The summed E-state index contributed by atoms with van der Waals surface area (Å²) >= 11 is 0. The molecule has 0 spiro atoms. The van der Waals surface area contributed by atoms with Gasteiger partial charge in [-0.05, 0) is 0 Å². The number of carbonyl (C=O) groups excluding carboxylic acids is 1. The lowest BCUT2D eigenvalue weighted by molar-refractivity contribution is -0.158. The fourth-order valence-electron chi connectivity index (χ4n) is 0.170. The maximum Gasteiger partial charge on any atom is 0.422 e. The summed E-state index contributed by atoms with van der Waals surface area (Å²) in [4.78, 5) is 9.81. The van der Waals surface area contributed by atoms with Crippen molar-refractivity contribution in [2.24, 2.45) is 0 Å². The zero-order valence-electron chi connectivity index (χ0n) is 4.51. The van der Waals surface area contributed by atoms with Gasteiger partial charge >= 0.3 is 11.9 Å². The van der Waals surface area contributed by atoms with Crippen LogP contribution in [0.5, 0.6) is 0 Å². The molecular formula is C3H2F3O3P. The second kappa shape index (κ2) is 3.51. The van der Waals surface area contributed by atoms with Crippen LogP contribution in [0.3, 0.4) is 0 Å². The molecule has 0 aliphatic heterocycles. The largest absolute Gasteiger partial charge is 0.447 e. The van der Waals surface area contributed by atoms with Crippen LogP contribution in [0.1, 0.15) is 0 Å². The van der Waals surface area contributed by atoms with Crippen molar-refractivity contribution in [2.45, 2.75) is 6.18 Å². The molecule has 0 rings (SSSR count). The third kappa shape index (κ3) is 5.50. The Morgan fingerprint density at radius 2 is 2.00 bits per heavy atom. The van der Waals surface area contributed by atoms with Crippen LogP contribution in [-0.4, -0.2) is 18.5 Å². The Bertz CT molecular complexity index is 142. The van der Waals surface area contributed by atoms with Crippen molar-refractivity contribution in [3.05, 3.63) is 0 Å². The van der Waals surface area contributed by atoms with E-state index in [2.05, 4.69) is 4.74 Å². The molecule has 0 amide bonds. The molecule has 0 unspecified atom stereocenters. The molecule has 0 atom stereocenters. The Morgan fingerprint density at radius 3 is 2.30 bits per heavy atom. The van der Waals surface area contributed by atoms with Gasteiger partial charge in [0.2, 0.25) is 0 Å². The van der Waals surface area contributed by atoms with Crippen LogP contribution in [0, 0.1) is 0 Å². The third-order valence-electron chi connectivity index (χ3n) is 0.434. The van der Waals surface area contributed by atoms with Crippen molar-refractivity contribution in [2.75, 3.05) is 6.61 Å².